The lowest BCUT2D eigenvalue weighted by Crippen LogP contribution is -2.37. The summed E-state index contributed by atoms with van der Waals surface area (Å²) in [6, 6.07) is 4.68. The van der Waals surface area contributed by atoms with Gasteiger partial charge in [0.15, 0.2) is 5.82 Å². The van der Waals surface area contributed by atoms with Gasteiger partial charge in [-0.25, -0.2) is 4.39 Å². The highest BCUT2D eigenvalue weighted by Crippen LogP contribution is 2.27. The number of nitrogens with one attached hydrogen (secondary N) is 1. The second-order valence-electron chi connectivity index (χ2n) is 8.72. The molecule has 7 nitrogen and oxygen atoms in total. The van der Waals surface area contributed by atoms with Crippen LogP contribution >= 0.6 is 0 Å². The fourth-order valence-electron chi connectivity index (χ4n) is 4.22. The highest BCUT2D eigenvalue weighted by molar-refractivity contribution is 5.95. The quantitative estimate of drug-likeness (QED) is 0.719. The van der Waals surface area contributed by atoms with Gasteiger partial charge in [-0.2, -0.15) is 0 Å². The SMILES string of the molecule is CC(C)C(OCC1CCCO1)C(=O)Nc1cc(-c2nnc3n2CCCCC3)ccc1F. The molecule has 0 radical (unpaired) electrons. The standard InChI is InChI=1S/C23H31FN4O3/c1-15(2)21(31-14-17-7-6-12-30-17)23(29)25-19-13-16(9-10-18(19)24)22-27-26-20-8-4-3-5-11-28(20)22/h9-10,13,15,17,21H,3-8,11-12,14H2,1-2H3,(H,25,29). The monoisotopic (exact) mass is 430 g/mol. The van der Waals surface area contributed by atoms with E-state index in [2.05, 4.69) is 20.1 Å². The maximum atomic E-state index is 14.6. The Hall–Kier alpha value is -2.32. The Morgan fingerprint density at radius 1 is 1.29 bits per heavy atom. The first kappa shape index (κ1) is 21.9. The van der Waals surface area contributed by atoms with Crippen molar-refractivity contribution in [3.63, 3.8) is 0 Å². The van der Waals surface area contributed by atoms with E-state index in [9.17, 15) is 9.18 Å². The minimum atomic E-state index is -0.684. The predicted molar refractivity (Wildman–Crippen MR) is 115 cm³/mol. The van der Waals surface area contributed by atoms with Crippen LogP contribution in [0.15, 0.2) is 18.2 Å². The van der Waals surface area contributed by atoms with Crippen molar-refractivity contribution in [2.75, 3.05) is 18.5 Å². The zero-order valence-electron chi connectivity index (χ0n) is 18.3. The van der Waals surface area contributed by atoms with E-state index >= 15 is 0 Å². The predicted octanol–water partition coefficient (Wildman–Crippen LogP) is 3.97. The fraction of sp³-hybridized carbons (Fsp3) is 0.609. The van der Waals surface area contributed by atoms with E-state index in [0.717, 1.165) is 63.1 Å². The topological polar surface area (TPSA) is 78.3 Å². The number of amides is 1. The van der Waals surface area contributed by atoms with Gasteiger partial charge in [0.25, 0.3) is 5.91 Å². The summed E-state index contributed by atoms with van der Waals surface area (Å²) in [5.41, 5.74) is 0.860. The Kier molecular flexibility index (Phi) is 6.97. The molecule has 2 atom stereocenters. The molecule has 0 spiro atoms. The number of rotatable bonds is 7. The van der Waals surface area contributed by atoms with Crippen LogP contribution in [-0.4, -0.2) is 46.1 Å². The average Bonchev–Trinajstić information content (AvgIpc) is 3.34. The Morgan fingerprint density at radius 3 is 2.94 bits per heavy atom. The zero-order valence-corrected chi connectivity index (χ0v) is 18.3. The first-order chi connectivity index (χ1) is 15.0. The number of fused-ring (bicyclic) bond motifs is 1. The van der Waals surface area contributed by atoms with E-state index in [-0.39, 0.29) is 23.6 Å². The molecule has 1 N–H and O–H groups in total. The summed E-state index contributed by atoms with van der Waals surface area (Å²) in [7, 11) is 0. The van der Waals surface area contributed by atoms with Crippen LogP contribution in [0.2, 0.25) is 0 Å². The first-order valence-electron chi connectivity index (χ1n) is 11.3. The smallest absolute Gasteiger partial charge is 0.253 e. The minimum Gasteiger partial charge on any atom is -0.376 e. The molecule has 0 bridgehead atoms. The van der Waals surface area contributed by atoms with Gasteiger partial charge in [0.2, 0.25) is 0 Å². The van der Waals surface area contributed by atoms with Gasteiger partial charge in [-0.1, -0.05) is 20.3 Å². The molecule has 168 valence electrons. The molecule has 3 heterocycles. The van der Waals surface area contributed by atoms with Crippen LogP contribution in [0.3, 0.4) is 0 Å². The van der Waals surface area contributed by atoms with Gasteiger partial charge in [0.1, 0.15) is 17.7 Å². The van der Waals surface area contributed by atoms with E-state index in [0.29, 0.717) is 12.4 Å². The average molecular weight is 431 g/mol. The maximum Gasteiger partial charge on any atom is 0.253 e. The number of hydrogen-bond donors (Lipinski definition) is 1. The number of anilines is 1. The second kappa shape index (κ2) is 9.87. The van der Waals surface area contributed by atoms with Crippen LogP contribution in [0.25, 0.3) is 11.4 Å². The minimum absolute atomic E-state index is 0.0253. The largest absolute Gasteiger partial charge is 0.376 e. The number of ether oxygens (including phenoxy) is 2. The lowest BCUT2D eigenvalue weighted by Gasteiger charge is -2.22. The molecule has 1 saturated heterocycles. The van der Waals surface area contributed by atoms with Gasteiger partial charge in [0.05, 0.1) is 18.4 Å². The van der Waals surface area contributed by atoms with Crippen LogP contribution in [0.1, 0.15) is 51.8 Å². The number of aromatic nitrogens is 3. The number of benzene rings is 1. The van der Waals surface area contributed by atoms with Gasteiger partial charge >= 0.3 is 0 Å². The van der Waals surface area contributed by atoms with Gasteiger partial charge in [-0.05, 0) is 49.8 Å². The summed E-state index contributed by atoms with van der Waals surface area (Å²) in [5.74, 6) is 0.769. The van der Waals surface area contributed by atoms with E-state index < -0.39 is 11.9 Å². The Labute approximate surface area is 182 Å². The summed E-state index contributed by atoms with van der Waals surface area (Å²) in [5, 5.41) is 11.4. The molecule has 0 aliphatic carbocycles. The number of hydrogen-bond acceptors (Lipinski definition) is 5. The van der Waals surface area contributed by atoms with E-state index in [4.69, 9.17) is 9.47 Å². The molecular formula is C23H31FN4O3. The van der Waals surface area contributed by atoms with E-state index in [1.165, 1.54) is 6.07 Å². The van der Waals surface area contributed by atoms with Crippen molar-refractivity contribution in [3.05, 3.63) is 29.8 Å². The number of nitrogens with zero attached hydrogens (tertiary/aromatic N) is 3. The number of aryl methyl sites for hydroxylation is 1. The second-order valence-corrected chi connectivity index (χ2v) is 8.72. The van der Waals surface area contributed by atoms with Crippen molar-refractivity contribution in [1.82, 2.24) is 14.8 Å². The number of carbonyl (C=O) groups excluding carboxylic acids is 1. The lowest BCUT2D eigenvalue weighted by molar-refractivity contribution is -0.132. The molecule has 31 heavy (non-hydrogen) atoms. The van der Waals surface area contributed by atoms with Crippen molar-refractivity contribution >= 4 is 11.6 Å². The van der Waals surface area contributed by atoms with Crippen LogP contribution in [0, 0.1) is 11.7 Å². The molecule has 1 aromatic carbocycles. The molecule has 2 unspecified atom stereocenters. The van der Waals surface area contributed by atoms with Gasteiger partial charge in [0, 0.05) is 25.1 Å². The maximum absolute atomic E-state index is 14.6. The molecule has 0 saturated carbocycles. The molecule has 4 rings (SSSR count). The summed E-state index contributed by atoms with van der Waals surface area (Å²) in [4.78, 5) is 12.9. The Balaban J connectivity index is 1.50. The van der Waals surface area contributed by atoms with Crippen LogP contribution in [-0.2, 0) is 27.2 Å². The zero-order chi connectivity index (χ0) is 21.8. The summed E-state index contributed by atoms with van der Waals surface area (Å²) in [6.45, 7) is 5.78. The summed E-state index contributed by atoms with van der Waals surface area (Å²) in [6.07, 6.45) is 5.52. The van der Waals surface area contributed by atoms with Crippen LogP contribution < -0.4 is 5.32 Å². The first-order valence-corrected chi connectivity index (χ1v) is 11.3. The molecule has 1 aromatic heterocycles. The van der Waals surface area contributed by atoms with E-state index in [1.807, 2.05) is 13.8 Å². The van der Waals surface area contributed by atoms with Crippen molar-refractivity contribution in [2.24, 2.45) is 5.92 Å². The molecule has 2 aromatic rings. The van der Waals surface area contributed by atoms with Gasteiger partial charge in [-0.15, -0.1) is 10.2 Å². The number of carbonyl (C=O) groups is 1. The van der Waals surface area contributed by atoms with Crippen LogP contribution in [0.5, 0.6) is 0 Å². The van der Waals surface area contributed by atoms with Crippen molar-refractivity contribution in [1.29, 1.82) is 0 Å². The van der Waals surface area contributed by atoms with Gasteiger partial charge < -0.3 is 19.4 Å². The third-order valence-electron chi connectivity index (χ3n) is 5.94. The Bertz CT molecular complexity index is 908. The molecule has 2 aliphatic rings. The summed E-state index contributed by atoms with van der Waals surface area (Å²) >= 11 is 0. The molecule has 1 fully saturated rings. The van der Waals surface area contributed by atoms with Crippen molar-refractivity contribution < 1.29 is 18.7 Å². The van der Waals surface area contributed by atoms with Gasteiger partial charge in [-0.3, -0.25) is 4.79 Å². The third kappa shape index (κ3) is 5.13. The highest BCUT2D eigenvalue weighted by Gasteiger charge is 2.27. The van der Waals surface area contributed by atoms with Crippen LogP contribution in [0.4, 0.5) is 10.1 Å². The fourth-order valence-corrected chi connectivity index (χ4v) is 4.22. The van der Waals surface area contributed by atoms with Crippen molar-refractivity contribution in [2.45, 2.75) is 71.1 Å². The number of halogens is 1. The highest BCUT2D eigenvalue weighted by atomic mass is 19.1. The molecular weight excluding hydrogens is 399 g/mol. The molecule has 1 amide bonds. The normalized spacial score (nSPS) is 19.8. The van der Waals surface area contributed by atoms with Crippen molar-refractivity contribution in [3.8, 4) is 11.4 Å². The lowest BCUT2D eigenvalue weighted by atomic mass is 10.1. The third-order valence-corrected chi connectivity index (χ3v) is 5.94. The Morgan fingerprint density at radius 2 is 2.16 bits per heavy atom. The van der Waals surface area contributed by atoms with E-state index in [1.54, 1.807) is 12.1 Å². The molecule has 2 aliphatic heterocycles. The summed E-state index contributed by atoms with van der Waals surface area (Å²) < 4.78 is 28.1. The molecule has 8 heteroatoms.